The zero-order valence-corrected chi connectivity index (χ0v) is 13.4. The fourth-order valence-electron chi connectivity index (χ4n) is 1.67. The first-order chi connectivity index (χ1) is 10.0. The number of hydrogen-bond acceptors (Lipinski definition) is 3. The first-order valence-corrected chi connectivity index (χ1v) is 8.56. The van der Waals surface area contributed by atoms with E-state index in [1.165, 1.54) is 0 Å². The third-order valence-corrected chi connectivity index (χ3v) is 4.60. The van der Waals surface area contributed by atoms with Gasteiger partial charge >= 0.3 is 6.03 Å². The van der Waals surface area contributed by atoms with Crippen LogP contribution in [0.2, 0.25) is 0 Å². The Morgan fingerprint density at radius 1 is 1.29 bits per heavy atom. The maximum atomic E-state index is 11.9. The van der Waals surface area contributed by atoms with Gasteiger partial charge in [0.2, 0.25) is 0 Å². The van der Waals surface area contributed by atoms with E-state index >= 15 is 0 Å². The van der Waals surface area contributed by atoms with Gasteiger partial charge in [0.05, 0.1) is 0 Å². The van der Waals surface area contributed by atoms with Gasteiger partial charge in [-0.2, -0.15) is 0 Å². The van der Waals surface area contributed by atoms with Gasteiger partial charge in [-0.05, 0) is 18.4 Å². The van der Waals surface area contributed by atoms with Crippen LogP contribution in [0.5, 0.6) is 0 Å². The predicted molar refractivity (Wildman–Crippen MR) is 85.4 cm³/mol. The summed E-state index contributed by atoms with van der Waals surface area (Å²) in [7, 11) is -0.993. The Labute approximate surface area is 128 Å². The number of amides is 2. The fraction of sp³-hybridized carbons (Fsp3) is 0.533. The van der Waals surface area contributed by atoms with Crippen molar-refractivity contribution < 1.29 is 14.1 Å². The van der Waals surface area contributed by atoms with Gasteiger partial charge in [0.25, 0.3) is 0 Å². The molecule has 3 N–H and O–H groups in total. The quantitative estimate of drug-likeness (QED) is 0.676. The molecule has 0 heterocycles. The Morgan fingerprint density at radius 3 is 2.57 bits per heavy atom. The maximum absolute atomic E-state index is 11.9. The average molecular weight is 312 g/mol. The van der Waals surface area contributed by atoms with Gasteiger partial charge in [0.1, 0.15) is 0 Å². The monoisotopic (exact) mass is 312 g/mol. The Morgan fingerprint density at radius 2 is 1.95 bits per heavy atom. The summed E-state index contributed by atoms with van der Waals surface area (Å²) in [5.74, 6) is 0.928. The first-order valence-electron chi connectivity index (χ1n) is 7.07. The van der Waals surface area contributed by atoms with Crippen molar-refractivity contribution in [2.45, 2.75) is 25.6 Å². The van der Waals surface area contributed by atoms with Crippen LogP contribution in [-0.4, -0.2) is 40.3 Å². The molecule has 0 saturated carbocycles. The maximum Gasteiger partial charge on any atom is 0.315 e. The number of aliphatic hydroxyl groups is 1. The number of aliphatic hydroxyl groups excluding tert-OH is 1. The third kappa shape index (κ3) is 7.24. The van der Waals surface area contributed by atoms with E-state index < -0.39 is 10.8 Å². The zero-order chi connectivity index (χ0) is 15.7. The third-order valence-electron chi connectivity index (χ3n) is 3.29. The van der Waals surface area contributed by atoms with E-state index in [1.54, 1.807) is 0 Å². The number of nitrogens with one attached hydrogen (secondary N) is 2. The van der Waals surface area contributed by atoms with Crippen molar-refractivity contribution in [2.24, 2.45) is 5.92 Å². The lowest BCUT2D eigenvalue weighted by Crippen LogP contribution is -2.45. The number of urea groups is 1. The summed E-state index contributed by atoms with van der Waals surface area (Å²) in [5, 5.41) is 14.4. The fourth-order valence-corrected chi connectivity index (χ4v) is 2.71. The minimum atomic E-state index is -0.993. The van der Waals surface area contributed by atoms with E-state index in [2.05, 4.69) is 10.6 Å². The summed E-state index contributed by atoms with van der Waals surface area (Å²) < 4.78 is 11.9. The number of rotatable bonds is 8. The number of benzene rings is 1. The highest BCUT2D eigenvalue weighted by Gasteiger charge is 2.13. The molecule has 3 atom stereocenters. The number of hydrogen-bond donors (Lipinski definition) is 3. The lowest BCUT2D eigenvalue weighted by Gasteiger charge is -2.19. The van der Waals surface area contributed by atoms with Gasteiger partial charge in [0.15, 0.2) is 0 Å². The standard InChI is InChI=1S/C15H24N2O3S/c1-12(10-18)13(2)17-15(19)16-8-9-21(20)11-14-6-4-3-5-7-14/h3-7,12-13,18H,8-11H2,1-2H3,(H2,16,17,19). The normalized spacial score (nSPS) is 15.0. The van der Waals surface area contributed by atoms with Crippen molar-refractivity contribution in [3.8, 4) is 0 Å². The number of carbonyl (C=O) groups is 1. The summed E-state index contributed by atoms with van der Waals surface area (Å²) >= 11 is 0. The molecular weight excluding hydrogens is 288 g/mol. The van der Waals surface area contributed by atoms with E-state index in [4.69, 9.17) is 5.11 Å². The Balaban J connectivity index is 2.21. The Hall–Kier alpha value is -1.40. The summed E-state index contributed by atoms with van der Waals surface area (Å²) in [6.07, 6.45) is 0. The molecule has 6 heteroatoms. The molecule has 118 valence electrons. The van der Waals surface area contributed by atoms with Gasteiger partial charge in [-0.15, -0.1) is 0 Å². The first kappa shape index (κ1) is 17.7. The Bertz CT molecular complexity index is 453. The topological polar surface area (TPSA) is 78.4 Å². The SMILES string of the molecule is CC(CO)C(C)NC(=O)NCCS(=O)Cc1ccccc1. The van der Waals surface area contributed by atoms with E-state index in [1.807, 2.05) is 44.2 Å². The smallest absolute Gasteiger partial charge is 0.315 e. The van der Waals surface area contributed by atoms with Crippen molar-refractivity contribution in [1.82, 2.24) is 10.6 Å². The molecule has 0 aliphatic carbocycles. The van der Waals surface area contributed by atoms with Crippen molar-refractivity contribution >= 4 is 16.8 Å². The van der Waals surface area contributed by atoms with Crippen LogP contribution >= 0.6 is 0 Å². The van der Waals surface area contributed by atoms with Gasteiger partial charge in [-0.1, -0.05) is 37.3 Å². The molecule has 1 aromatic rings. The van der Waals surface area contributed by atoms with Crippen LogP contribution in [0.1, 0.15) is 19.4 Å². The Kier molecular flexibility index (Phi) is 8.00. The van der Waals surface area contributed by atoms with Crippen LogP contribution in [0.4, 0.5) is 4.79 Å². The predicted octanol–water partition coefficient (Wildman–Crippen LogP) is 1.25. The summed E-state index contributed by atoms with van der Waals surface area (Å²) in [5.41, 5.74) is 1.03. The molecule has 0 bridgehead atoms. The highest BCUT2D eigenvalue weighted by Crippen LogP contribution is 2.02. The van der Waals surface area contributed by atoms with Gasteiger partial charge in [-0.3, -0.25) is 4.21 Å². The molecule has 0 aromatic heterocycles. The molecule has 1 aromatic carbocycles. The van der Waals surface area contributed by atoms with Crippen LogP contribution in [0, 0.1) is 5.92 Å². The molecule has 2 amide bonds. The van der Waals surface area contributed by atoms with E-state index in [0.717, 1.165) is 5.56 Å². The molecule has 21 heavy (non-hydrogen) atoms. The highest BCUT2D eigenvalue weighted by atomic mass is 32.2. The van der Waals surface area contributed by atoms with Crippen LogP contribution in [0.3, 0.4) is 0 Å². The van der Waals surface area contributed by atoms with E-state index in [9.17, 15) is 9.00 Å². The van der Waals surface area contributed by atoms with Gasteiger partial charge < -0.3 is 15.7 Å². The average Bonchev–Trinajstić information content (AvgIpc) is 2.47. The summed E-state index contributed by atoms with van der Waals surface area (Å²) in [4.78, 5) is 11.6. The van der Waals surface area contributed by atoms with Crippen molar-refractivity contribution in [2.75, 3.05) is 18.9 Å². The van der Waals surface area contributed by atoms with Gasteiger partial charge in [-0.25, -0.2) is 4.79 Å². The minimum Gasteiger partial charge on any atom is -0.396 e. The number of carbonyl (C=O) groups excluding carboxylic acids is 1. The van der Waals surface area contributed by atoms with Crippen molar-refractivity contribution in [3.05, 3.63) is 35.9 Å². The van der Waals surface area contributed by atoms with Crippen molar-refractivity contribution in [3.63, 3.8) is 0 Å². The van der Waals surface area contributed by atoms with Gasteiger partial charge in [0, 0.05) is 41.5 Å². The van der Waals surface area contributed by atoms with E-state index in [0.29, 0.717) is 18.1 Å². The van der Waals surface area contributed by atoms with Crippen LogP contribution in [-0.2, 0) is 16.6 Å². The van der Waals surface area contributed by atoms with Crippen LogP contribution in [0.15, 0.2) is 30.3 Å². The van der Waals surface area contributed by atoms with Crippen molar-refractivity contribution in [1.29, 1.82) is 0 Å². The molecule has 0 radical (unpaired) electrons. The molecule has 0 saturated heterocycles. The summed E-state index contributed by atoms with van der Waals surface area (Å²) in [6, 6.07) is 9.24. The second-order valence-electron chi connectivity index (χ2n) is 5.12. The minimum absolute atomic E-state index is 0.00274. The molecule has 0 aliphatic heterocycles. The molecule has 5 nitrogen and oxygen atoms in total. The molecule has 1 rings (SSSR count). The molecule has 0 spiro atoms. The molecule has 0 fully saturated rings. The lowest BCUT2D eigenvalue weighted by molar-refractivity contribution is 0.200. The van der Waals surface area contributed by atoms with Crippen LogP contribution in [0.25, 0.3) is 0 Å². The molecule has 0 aliphatic rings. The van der Waals surface area contributed by atoms with Crippen LogP contribution < -0.4 is 10.6 Å². The second-order valence-corrected chi connectivity index (χ2v) is 6.70. The zero-order valence-electron chi connectivity index (χ0n) is 12.5. The molecule has 3 unspecified atom stereocenters. The largest absolute Gasteiger partial charge is 0.396 e. The lowest BCUT2D eigenvalue weighted by atomic mass is 10.1. The van der Waals surface area contributed by atoms with E-state index in [-0.39, 0.29) is 24.6 Å². The molecular formula is C15H24N2O3S. The second kappa shape index (κ2) is 9.52. The summed E-state index contributed by atoms with van der Waals surface area (Å²) in [6.45, 7) is 4.10. The highest BCUT2D eigenvalue weighted by molar-refractivity contribution is 7.84.